The SMILES string of the molecule is CC(C)OB(OC(C)C)OC(C)C.CC(C)[O-].CCc1cncc(B(OC(C)C)OC(C)C)n1.CCc1cncc(Cl)n1.[CH2-]CCC.[Li+].[Li+]. The molecule has 10 nitrogen and oxygen atoms in total. The Morgan fingerprint density at radius 3 is 1.22 bits per heavy atom. The van der Waals surface area contributed by atoms with Crippen molar-refractivity contribution in [1.29, 1.82) is 0 Å². The first-order chi connectivity index (χ1) is 21.9. The van der Waals surface area contributed by atoms with E-state index in [1.165, 1.54) is 12.6 Å². The molecule has 0 aromatic carbocycles. The molecule has 2 aromatic rings. The number of rotatable bonds is 14. The molecule has 2 heterocycles. The summed E-state index contributed by atoms with van der Waals surface area (Å²) in [6.07, 6.45) is 10.8. The molecule has 0 N–H and O–H groups in total. The zero-order valence-corrected chi connectivity index (χ0v) is 34.8. The van der Waals surface area contributed by atoms with E-state index in [1.54, 1.807) is 32.4 Å². The van der Waals surface area contributed by atoms with Crippen molar-refractivity contribution >= 4 is 31.6 Å². The van der Waals surface area contributed by atoms with Crippen molar-refractivity contribution in [2.45, 2.75) is 166 Å². The van der Waals surface area contributed by atoms with Gasteiger partial charge in [0.05, 0.1) is 23.2 Å². The summed E-state index contributed by atoms with van der Waals surface area (Å²) < 4.78 is 27.7. The van der Waals surface area contributed by atoms with Gasteiger partial charge in [-0.05, 0) is 82.1 Å². The van der Waals surface area contributed by atoms with Crippen LogP contribution in [0.5, 0.6) is 0 Å². The van der Waals surface area contributed by atoms with Crippen molar-refractivity contribution in [2.75, 3.05) is 0 Å². The molecule has 0 atom stereocenters. The van der Waals surface area contributed by atoms with Gasteiger partial charge in [-0.2, -0.15) is 6.42 Å². The fourth-order valence-corrected chi connectivity index (χ4v) is 2.85. The van der Waals surface area contributed by atoms with Crippen molar-refractivity contribution in [1.82, 2.24) is 19.9 Å². The smallest absolute Gasteiger partial charge is 0.852 e. The average Bonchev–Trinajstić information content (AvgIpc) is 2.96. The van der Waals surface area contributed by atoms with Crippen LogP contribution >= 0.6 is 11.6 Å². The molecule has 0 radical (unpaired) electrons. The van der Waals surface area contributed by atoms with Crippen LogP contribution in [0.15, 0.2) is 24.8 Å². The van der Waals surface area contributed by atoms with Crippen LogP contribution in [0.25, 0.3) is 0 Å². The van der Waals surface area contributed by atoms with Crippen LogP contribution in [0.4, 0.5) is 0 Å². The van der Waals surface area contributed by atoms with Gasteiger partial charge in [0.1, 0.15) is 5.15 Å². The Labute approximate surface area is 330 Å². The van der Waals surface area contributed by atoms with Gasteiger partial charge in [0.15, 0.2) is 0 Å². The van der Waals surface area contributed by atoms with Crippen LogP contribution in [0, 0.1) is 6.92 Å². The fourth-order valence-electron chi connectivity index (χ4n) is 2.69. The summed E-state index contributed by atoms with van der Waals surface area (Å²) in [5.74, 6) is 0. The summed E-state index contributed by atoms with van der Waals surface area (Å²) in [5, 5.41) is 9.99. The zero-order valence-electron chi connectivity index (χ0n) is 34.1. The minimum atomic E-state index is -0.542. The summed E-state index contributed by atoms with van der Waals surface area (Å²) in [6, 6.07) is 0. The van der Waals surface area contributed by atoms with E-state index >= 15 is 0 Å². The quantitative estimate of drug-likeness (QED) is 0.208. The molecule has 272 valence electrons. The molecule has 0 fully saturated rings. The van der Waals surface area contributed by atoms with E-state index in [1.807, 2.05) is 76.2 Å². The third kappa shape index (κ3) is 41.8. The summed E-state index contributed by atoms with van der Waals surface area (Å²) in [4.78, 5) is 16.5. The molecule has 15 heteroatoms. The third-order valence-corrected chi connectivity index (χ3v) is 4.80. The van der Waals surface area contributed by atoms with Crippen molar-refractivity contribution in [3.05, 3.63) is 48.3 Å². The van der Waals surface area contributed by atoms with Gasteiger partial charge in [-0.1, -0.05) is 52.6 Å². The average molecular weight is 697 g/mol. The van der Waals surface area contributed by atoms with E-state index in [0.717, 1.165) is 36.2 Å². The maximum Gasteiger partial charge on any atom is 1.00 e. The van der Waals surface area contributed by atoms with Gasteiger partial charge in [0.2, 0.25) is 0 Å². The number of hydrogen-bond acceptors (Lipinski definition) is 10. The molecule has 49 heavy (non-hydrogen) atoms. The Balaban J connectivity index is -0.000000179. The van der Waals surface area contributed by atoms with Crippen molar-refractivity contribution < 1.29 is 66.1 Å². The number of aryl methyl sites for hydroxylation is 2. The van der Waals surface area contributed by atoms with Crippen LogP contribution in [0.2, 0.25) is 5.15 Å². The first-order valence-electron chi connectivity index (χ1n) is 16.9. The molecular formula is C34H65B2ClLi2N4O6. The fraction of sp³-hybridized carbons (Fsp3) is 0.735. The Morgan fingerprint density at radius 2 is 0.959 bits per heavy atom. The monoisotopic (exact) mass is 697 g/mol. The predicted octanol–water partition coefficient (Wildman–Crippen LogP) is 0.907. The summed E-state index contributed by atoms with van der Waals surface area (Å²) >= 11 is 5.55. The Hall–Kier alpha value is -0.465. The number of nitrogens with zero attached hydrogens (tertiary/aromatic N) is 4. The van der Waals surface area contributed by atoms with E-state index in [-0.39, 0.29) is 68.2 Å². The standard InChI is InChI=1S/C12H21BN2O2.C9H21BO3.C6H7ClN2.C4H9.C3H7O.2Li/c1-6-11-7-14-8-12(15-11)13(16-9(2)3)17-10(4)5;1-7(2)11-10(12-8(3)4)13-9(5)6;1-2-5-3-8-4-6(7)9-5;1-3-4-2;1-3(2)4;;/h7-10H,6H2,1-5H3;7-9H,1-6H3;3-4H,2H2,1H3;1,3-4H2,2H3;3H,1-2H3;;/q;;;2*-1;2*+1. The molecule has 0 spiro atoms. The minimum Gasteiger partial charge on any atom is -0.852 e. The van der Waals surface area contributed by atoms with Gasteiger partial charge >= 0.3 is 52.2 Å². The topological polar surface area (TPSA) is 121 Å². The zero-order chi connectivity index (χ0) is 36.9. The van der Waals surface area contributed by atoms with Crippen molar-refractivity contribution in [3.63, 3.8) is 0 Å². The molecule has 2 rings (SSSR count). The maximum absolute atomic E-state index is 9.53. The second-order valence-electron chi connectivity index (χ2n) is 11.9. The van der Waals surface area contributed by atoms with Gasteiger partial charge in [-0.25, -0.2) is 4.98 Å². The molecule has 0 aliphatic heterocycles. The molecule has 0 bridgehead atoms. The van der Waals surface area contributed by atoms with Crippen LogP contribution < -0.4 is 48.4 Å². The van der Waals surface area contributed by atoms with Crippen LogP contribution in [0.3, 0.4) is 0 Å². The predicted molar refractivity (Wildman–Crippen MR) is 195 cm³/mol. The number of hydrogen-bond donors (Lipinski definition) is 0. The molecule has 0 aliphatic carbocycles. The molecule has 2 aromatic heterocycles. The van der Waals surface area contributed by atoms with Crippen LogP contribution in [-0.4, -0.2) is 71.0 Å². The van der Waals surface area contributed by atoms with Gasteiger partial charge in [-0.3, -0.25) is 15.0 Å². The molecular weight excluding hydrogens is 631 g/mol. The van der Waals surface area contributed by atoms with Gasteiger partial charge in [0, 0.05) is 49.1 Å². The molecule has 0 aliphatic rings. The van der Waals surface area contributed by atoms with Crippen LogP contribution in [0.1, 0.15) is 128 Å². The van der Waals surface area contributed by atoms with Crippen LogP contribution in [-0.2, 0) is 36.1 Å². The van der Waals surface area contributed by atoms with E-state index < -0.39 is 20.5 Å². The Kier molecular flexibility index (Phi) is 44.0. The number of aromatic nitrogens is 4. The van der Waals surface area contributed by atoms with E-state index in [4.69, 9.17) is 34.9 Å². The summed E-state index contributed by atoms with van der Waals surface area (Å²) in [6.45, 7) is 32.7. The maximum atomic E-state index is 9.53. The molecule has 0 saturated carbocycles. The first kappa shape index (κ1) is 57.9. The molecule has 0 saturated heterocycles. The Bertz CT molecular complexity index is 949. The molecule has 0 amide bonds. The largest absolute Gasteiger partial charge is 1.00 e. The minimum absolute atomic E-state index is 0. The van der Waals surface area contributed by atoms with Gasteiger partial charge in [0.25, 0.3) is 0 Å². The number of halogens is 1. The number of unbranched alkanes of at least 4 members (excludes halogenated alkanes) is 1. The van der Waals surface area contributed by atoms with Crippen molar-refractivity contribution in [2.24, 2.45) is 0 Å². The van der Waals surface area contributed by atoms with Gasteiger partial charge < -0.3 is 35.3 Å². The Morgan fingerprint density at radius 1 is 0.633 bits per heavy atom. The third-order valence-electron chi connectivity index (χ3n) is 4.62. The van der Waals surface area contributed by atoms with E-state index in [2.05, 4.69) is 40.7 Å². The molecule has 0 unspecified atom stereocenters. The normalized spacial score (nSPS) is 10.1. The second kappa shape index (κ2) is 37.3. The second-order valence-corrected chi connectivity index (χ2v) is 12.3. The van der Waals surface area contributed by atoms with Crippen molar-refractivity contribution in [3.8, 4) is 0 Å². The first-order valence-corrected chi connectivity index (χ1v) is 17.3. The van der Waals surface area contributed by atoms with E-state index in [9.17, 15) is 5.11 Å². The van der Waals surface area contributed by atoms with E-state index in [0.29, 0.717) is 5.15 Å². The summed E-state index contributed by atoms with van der Waals surface area (Å²) in [5.41, 5.74) is 2.63. The van der Waals surface area contributed by atoms with Gasteiger partial charge in [-0.15, -0.1) is 6.10 Å². The summed E-state index contributed by atoms with van der Waals surface area (Å²) in [7, 11) is -0.978.